The monoisotopic (exact) mass is 411 g/mol. The number of aliphatic hydroxyl groups is 1. The lowest BCUT2D eigenvalue weighted by Crippen LogP contribution is -2.15. The number of benzene rings is 2. The summed E-state index contributed by atoms with van der Waals surface area (Å²) in [5, 5.41) is 12.1. The Balaban J connectivity index is 1.99. The summed E-state index contributed by atoms with van der Waals surface area (Å²) in [6.45, 7) is 2.11. The standard InChI is InChI=1S/C19H23BrFNO3/c1-24-18-11-15(12-22-8-2-3-9-23)10-17(20)19(18)25-13-14-4-6-16(21)7-5-14/h4-7,10-11,22-23H,2-3,8-9,12-13H2,1H3. The Labute approximate surface area is 156 Å². The zero-order valence-electron chi connectivity index (χ0n) is 14.2. The maximum Gasteiger partial charge on any atom is 0.175 e. The van der Waals surface area contributed by atoms with Crippen LogP contribution in [0.3, 0.4) is 0 Å². The van der Waals surface area contributed by atoms with Gasteiger partial charge in [-0.3, -0.25) is 0 Å². The van der Waals surface area contributed by atoms with Crippen LogP contribution in [0.1, 0.15) is 24.0 Å². The topological polar surface area (TPSA) is 50.7 Å². The van der Waals surface area contributed by atoms with Gasteiger partial charge in [-0.15, -0.1) is 0 Å². The molecule has 0 aliphatic carbocycles. The molecule has 0 radical (unpaired) electrons. The van der Waals surface area contributed by atoms with Crippen molar-refractivity contribution >= 4 is 15.9 Å². The molecule has 4 nitrogen and oxygen atoms in total. The fourth-order valence-electron chi connectivity index (χ4n) is 2.35. The van der Waals surface area contributed by atoms with E-state index < -0.39 is 0 Å². The highest BCUT2D eigenvalue weighted by atomic mass is 79.9. The van der Waals surface area contributed by atoms with Gasteiger partial charge >= 0.3 is 0 Å². The number of hydrogen-bond donors (Lipinski definition) is 2. The molecule has 25 heavy (non-hydrogen) atoms. The zero-order chi connectivity index (χ0) is 18.1. The average molecular weight is 412 g/mol. The third kappa shape index (κ3) is 6.30. The van der Waals surface area contributed by atoms with Crippen LogP contribution in [-0.2, 0) is 13.2 Å². The van der Waals surface area contributed by atoms with Gasteiger partial charge in [-0.25, -0.2) is 4.39 Å². The molecule has 2 aromatic carbocycles. The van der Waals surface area contributed by atoms with Crippen LogP contribution in [0.15, 0.2) is 40.9 Å². The highest BCUT2D eigenvalue weighted by Crippen LogP contribution is 2.37. The molecule has 0 unspecified atom stereocenters. The molecule has 0 bridgehead atoms. The number of halogens is 2. The van der Waals surface area contributed by atoms with Gasteiger partial charge in [0, 0.05) is 13.2 Å². The Morgan fingerprint density at radius 2 is 1.88 bits per heavy atom. The van der Waals surface area contributed by atoms with Crippen LogP contribution >= 0.6 is 15.9 Å². The van der Waals surface area contributed by atoms with Crippen molar-refractivity contribution in [2.45, 2.75) is 26.0 Å². The maximum atomic E-state index is 13.0. The van der Waals surface area contributed by atoms with Gasteiger partial charge in [0.1, 0.15) is 12.4 Å². The predicted octanol–water partition coefficient (Wildman–Crippen LogP) is 4.04. The van der Waals surface area contributed by atoms with E-state index in [-0.39, 0.29) is 12.4 Å². The first-order chi connectivity index (χ1) is 12.1. The minimum Gasteiger partial charge on any atom is -0.493 e. The minimum atomic E-state index is -0.265. The summed E-state index contributed by atoms with van der Waals surface area (Å²) in [6.07, 6.45) is 1.74. The third-order valence-corrected chi connectivity index (χ3v) is 4.27. The van der Waals surface area contributed by atoms with E-state index in [1.54, 1.807) is 19.2 Å². The van der Waals surface area contributed by atoms with E-state index in [0.29, 0.717) is 24.7 Å². The summed E-state index contributed by atoms with van der Waals surface area (Å²) in [7, 11) is 1.60. The number of hydrogen-bond acceptors (Lipinski definition) is 4. The molecule has 0 spiro atoms. The van der Waals surface area contributed by atoms with Crippen molar-refractivity contribution in [1.82, 2.24) is 5.32 Å². The van der Waals surface area contributed by atoms with E-state index in [9.17, 15) is 4.39 Å². The van der Waals surface area contributed by atoms with Crippen LogP contribution in [0.4, 0.5) is 4.39 Å². The van der Waals surface area contributed by atoms with Crippen molar-refractivity contribution in [2.24, 2.45) is 0 Å². The van der Waals surface area contributed by atoms with E-state index in [2.05, 4.69) is 21.2 Å². The van der Waals surface area contributed by atoms with Gasteiger partial charge in [0.15, 0.2) is 11.5 Å². The molecule has 2 rings (SSSR count). The molecule has 0 saturated carbocycles. The van der Waals surface area contributed by atoms with Crippen LogP contribution in [0.25, 0.3) is 0 Å². The molecule has 0 atom stereocenters. The van der Waals surface area contributed by atoms with E-state index in [1.807, 2.05) is 12.1 Å². The lowest BCUT2D eigenvalue weighted by molar-refractivity contribution is 0.282. The van der Waals surface area contributed by atoms with Crippen molar-refractivity contribution in [1.29, 1.82) is 0 Å². The summed E-state index contributed by atoms with van der Waals surface area (Å²) in [5.41, 5.74) is 1.95. The van der Waals surface area contributed by atoms with Crippen molar-refractivity contribution in [3.8, 4) is 11.5 Å². The van der Waals surface area contributed by atoms with Crippen LogP contribution < -0.4 is 14.8 Å². The number of aliphatic hydroxyl groups excluding tert-OH is 1. The summed E-state index contributed by atoms with van der Waals surface area (Å²) in [6, 6.07) is 10.1. The second-order valence-corrected chi connectivity index (χ2v) is 6.49. The SMILES string of the molecule is COc1cc(CNCCCCO)cc(Br)c1OCc1ccc(F)cc1. The molecule has 0 aliphatic rings. The summed E-state index contributed by atoms with van der Waals surface area (Å²) in [4.78, 5) is 0. The third-order valence-electron chi connectivity index (χ3n) is 3.68. The molecule has 6 heteroatoms. The van der Waals surface area contributed by atoms with Crippen molar-refractivity contribution in [2.75, 3.05) is 20.3 Å². The molecule has 0 fully saturated rings. The smallest absolute Gasteiger partial charge is 0.175 e. The molecule has 2 aromatic rings. The van der Waals surface area contributed by atoms with Crippen LogP contribution in [0, 0.1) is 5.82 Å². The molecule has 0 aliphatic heterocycles. The lowest BCUT2D eigenvalue weighted by Gasteiger charge is -2.15. The van der Waals surface area contributed by atoms with Crippen LogP contribution in [-0.4, -0.2) is 25.4 Å². The second kappa shape index (κ2) is 10.4. The highest BCUT2D eigenvalue weighted by molar-refractivity contribution is 9.10. The Hall–Kier alpha value is -1.63. The fourth-order valence-corrected chi connectivity index (χ4v) is 2.95. The Bertz CT molecular complexity index is 664. The number of ether oxygens (including phenoxy) is 2. The highest BCUT2D eigenvalue weighted by Gasteiger charge is 2.12. The first-order valence-electron chi connectivity index (χ1n) is 8.19. The number of rotatable bonds is 10. The molecule has 2 N–H and O–H groups in total. The van der Waals surface area contributed by atoms with Gasteiger partial charge in [-0.05, 0) is 70.7 Å². The predicted molar refractivity (Wildman–Crippen MR) is 99.5 cm³/mol. The minimum absolute atomic E-state index is 0.223. The van der Waals surface area contributed by atoms with Gasteiger partial charge in [-0.2, -0.15) is 0 Å². The lowest BCUT2D eigenvalue weighted by atomic mass is 10.2. The van der Waals surface area contributed by atoms with Crippen molar-refractivity contribution in [3.63, 3.8) is 0 Å². The van der Waals surface area contributed by atoms with Gasteiger partial charge in [0.2, 0.25) is 0 Å². The summed E-state index contributed by atoms with van der Waals surface area (Å²) in [5.74, 6) is 0.998. The normalized spacial score (nSPS) is 10.7. The number of nitrogens with one attached hydrogen (secondary N) is 1. The number of methoxy groups -OCH3 is 1. The molecule has 0 heterocycles. The molecule has 136 valence electrons. The van der Waals surface area contributed by atoms with Crippen molar-refractivity contribution < 1.29 is 19.0 Å². The van der Waals surface area contributed by atoms with E-state index in [1.165, 1.54) is 12.1 Å². The first kappa shape index (κ1) is 19.7. The molecule has 0 saturated heterocycles. The average Bonchev–Trinajstić information content (AvgIpc) is 2.61. The summed E-state index contributed by atoms with van der Waals surface area (Å²) < 4.78 is 25.1. The second-order valence-electron chi connectivity index (χ2n) is 5.63. The molecular formula is C19H23BrFNO3. The summed E-state index contributed by atoms with van der Waals surface area (Å²) >= 11 is 3.53. The zero-order valence-corrected chi connectivity index (χ0v) is 15.8. The van der Waals surface area contributed by atoms with Crippen LogP contribution in [0.2, 0.25) is 0 Å². The van der Waals surface area contributed by atoms with Gasteiger partial charge in [-0.1, -0.05) is 12.1 Å². The van der Waals surface area contributed by atoms with E-state index >= 15 is 0 Å². The molecule has 0 aromatic heterocycles. The first-order valence-corrected chi connectivity index (χ1v) is 8.98. The molecular weight excluding hydrogens is 389 g/mol. The quantitative estimate of drug-likeness (QED) is 0.579. The van der Waals surface area contributed by atoms with E-state index in [0.717, 1.165) is 35.0 Å². The largest absolute Gasteiger partial charge is 0.493 e. The van der Waals surface area contributed by atoms with Crippen LogP contribution in [0.5, 0.6) is 11.5 Å². The molecule has 0 amide bonds. The Kier molecular flexibility index (Phi) is 8.18. The van der Waals surface area contributed by atoms with Crippen molar-refractivity contribution in [3.05, 3.63) is 57.8 Å². The fraction of sp³-hybridized carbons (Fsp3) is 0.368. The number of unbranched alkanes of at least 4 members (excludes halogenated alkanes) is 1. The van der Waals surface area contributed by atoms with Gasteiger partial charge < -0.3 is 19.9 Å². The van der Waals surface area contributed by atoms with Gasteiger partial charge in [0.05, 0.1) is 11.6 Å². The Morgan fingerprint density at radius 1 is 1.12 bits per heavy atom. The van der Waals surface area contributed by atoms with E-state index in [4.69, 9.17) is 14.6 Å². The van der Waals surface area contributed by atoms with Gasteiger partial charge in [0.25, 0.3) is 0 Å². The maximum absolute atomic E-state index is 13.0. The Morgan fingerprint density at radius 3 is 2.56 bits per heavy atom.